The molecule has 9 aromatic rings. The standard InChI is InChI=1S/C51H35N3/c1-6-17-36(18-7-1)38-29-31-42(32-30-38)49-52-50(46-28-16-27-45(40-23-12-4-13-24-40)48(46)41-25-14-5-15-26-41)54-51(53-49)47-35-43(37-19-8-2-9-20-37)33-34-44(47)39-21-10-3-11-22-39/h1-35H. The summed E-state index contributed by atoms with van der Waals surface area (Å²) in [5.41, 5.74) is 13.9. The Labute approximate surface area is 316 Å². The third kappa shape index (κ3) is 6.63. The average molecular weight is 690 g/mol. The molecule has 0 bridgehead atoms. The lowest BCUT2D eigenvalue weighted by molar-refractivity contribution is 1.07. The number of benzene rings is 8. The normalized spacial score (nSPS) is 11.0. The fourth-order valence-corrected chi connectivity index (χ4v) is 7.11. The van der Waals surface area contributed by atoms with Gasteiger partial charge < -0.3 is 0 Å². The van der Waals surface area contributed by atoms with Crippen LogP contribution in [0.2, 0.25) is 0 Å². The first-order chi connectivity index (χ1) is 26.8. The molecule has 0 saturated carbocycles. The molecule has 0 atom stereocenters. The van der Waals surface area contributed by atoms with Crippen molar-refractivity contribution in [3.8, 4) is 89.8 Å². The molecule has 0 unspecified atom stereocenters. The maximum Gasteiger partial charge on any atom is 0.164 e. The van der Waals surface area contributed by atoms with Gasteiger partial charge in [0.05, 0.1) is 0 Å². The summed E-state index contributed by atoms with van der Waals surface area (Å²) < 4.78 is 0. The van der Waals surface area contributed by atoms with Crippen LogP contribution in [0.15, 0.2) is 212 Å². The Morgan fingerprint density at radius 3 is 1.17 bits per heavy atom. The van der Waals surface area contributed by atoms with Gasteiger partial charge >= 0.3 is 0 Å². The van der Waals surface area contributed by atoms with E-state index in [1.165, 1.54) is 0 Å². The predicted molar refractivity (Wildman–Crippen MR) is 223 cm³/mol. The van der Waals surface area contributed by atoms with Crippen LogP contribution in [0.1, 0.15) is 0 Å². The van der Waals surface area contributed by atoms with Crippen molar-refractivity contribution >= 4 is 0 Å². The van der Waals surface area contributed by atoms with E-state index in [1.807, 2.05) is 18.2 Å². The largest absolute Gasteiger partial charge is 0.208 e. The highest BCUT2D eigenvalue weighted by Crippen LogP contribution is 2.41. The summed E-state index contributed by atoms with van der Waals surface area (Å²) in [4.78, 5) is 16.0. The second-order valence-electron chi connectivity index (χ2n) is 13.2. The van der Waals surface area contributed by atoms with Gasteiger partial charge in [-0.15, -0.1) is 0 Å². The van der Waals surface area contributed by atoms with Gasteiger partial charge in [0, 0.05) is 22.3 Å². The van der Waals surface area contributed by atoms with Crippen LogP contribution >= 0.6 is 0 Å². The summed E-state index contributed by atoms with van der Waals surface area (Å²) in [5, 5.41) is 0. The molecule has 0 N–H and O–H groups in total. The minimum Gasteiger partial charge on any atom is -0.208 e. The smallest absolute Gasteiger partial charge is 0.164 e. The highest BCUT2D eigenvalue weighted by atomic mass is 15.0. The zero-order chi connectivity index (χ0) is 36.1. The van der Waals surface area contributed by atoms with Gasteiger partial charge in [-0.3, -0.25) is 0 Å². The Bertz CT molecular complexity index is 2640. The van der Waals surface area contributed by atoms with Gasteiger partial charge in [0.2, 0.25) is 0 Å². The van der Waals surface area contributed by atoms with Crippen LogP contribution in [0.3, 0.4) is 0 Å². The first-order valence-corrected chi connectivity index (χ1v) is 18.2. The first-order valence-electron chi connectivity index (χ1n) is 18.2. The van der Waals surface area contributed by atoms with Crippen LogP contribution in [0, 0.1) is 0 Å². The van der Waals surface area contributed by atoms with Crippen LogP contribution < -0.4 is 0 Å². The third-order valence-electron chi connectivity index (χ3n) is 9.79. The number of hydrogen-bond donors (Lipinski definition) is 0. The molecule has 8 aromatic carbocycles. The molecule has 0 aliphatic rings. The second kappa shape index (κ2) is 14.8. The van der Waals surface area contributed by atoms with E-state index in [0.29, 0.717) is 17.5 Å². The summed E-state index contributed by atoms with van der Waals surface area (Å²) in [7, 11) is 0. The van der Waals surface area contributed by atoms with Gasteiger partial charge in [-0.25, -0.2) is 15.0 Å². The topological polar surface area (TPSA) is 38.7 Å². The van der Waals surface area contributed by atoms with Crippen molar-refractivity contribution in [2.75, 3.05) is 0 Å². The van der Waals surface area contributed by atoms with Gasteiger partial charge in [-0.05, 0) is 56.1 Å². The lowest BCUT2D eigenvalue weighted by Gasteiger charge is -2.17. The molecule has 0 amide bonds. The highest BCUT2D eigenvalue weighted by molar-refractivity contribution is 5.94. The van der Waals surface area contributed by atoms with Gasteiger partial charge in [-0.2, -0.15) is 0 Å². The zero-order valence-corrected chi connectivity index (χ0v) is 29.5. The number of nitrogens with zero attached hydrogens (tertiary/aromatic N) is 3. The average Bonchev–Trinajstić information content (AvgIpc) is 3.27. The van der Waals surface area contributed by atoms with Crippen LogP contribution in [0.25, 0.3) is 89.8 Å². The van der Waals surface area contributed by atoms with E-state index >= 15 is 0 Å². The Morgan fingerprint density at radius 1 is 0.204 bits per heavy atom. The maximum atomic E-state index is 5.38. The molecule has 0 radical (unpaired) electrons. The van der Waals surface area contributed by atoms with E-state index in [0.717, 1.165) is 72.3 Å². The van der Waals surface area contributed by atoms with Crippen LogP contribution in [-0.4, -0.2) is 15.0 Å². The molecule has 0 saturated heterocycles. The molecule has 0 spiro atoms. The fourth-order valence-electron chi connectivity index (χ4n) is 7.11. The lowest BCUT2D eigenvalue weighted by Crippen LogP contribution is -2.03. The van der Waals surface area contributed by atoms with Gasteiger partial charge in [0.15, 0.2) is 17.5 Å². The van der Waals surface area contributed by atoms with E-state index in [-0.39, 0.29) is 0 Å². The van der Waals surface area contributed by atoms with Crippen molar-refractivity contribution < 1.29 is 0 Å². The Hall–Kier alpha value is -7.23. The molecule has 1 heterocycles. The molecule has 0 aliphatic carbocycles. The summed E-state index contributed by atoms with van der Waals surface area (Å²) in [6, 6.07) is 74.0. The van der Waals surface area contributed by atoms with E-state index in [2.05, 4.69) is 194 Å². The van der Waals surface area contributed by atoms with Crippen LogP contribution in [0.5, 0.6) is 0 Å². The monoisotopic (exact) mass is 689 g/mol. The van der Waals surface area contributed by atoms with E-state index in [9.17, 15) is 0 Å². The van der Waals surface area contributed by atoms with E-state index in [1.54, 1.807) is 0 Å². The summed E-state index contributed by atoms with van der Waals surface area (Å²) >= 11 is 0. The molecule has 0 aliphatic heterocycles. The molecule has 54 heavy (non-hydrogen) atoms. The molecule has 1 aromatic heterocycles. The molecule has 3 heteroatoms. The Morgan fingerprint density at radius 2 is 0.593 bits per heavy atom. The molecule has 254 valence electrons. The fraction of sp³-hybridized carbons (Fsp3) is 0. The first kappa shape index (κ1) is 32.7. The van der Waals surface area contributed by atoms with Crippen molar-refractivity contribution in [3.63, 3.8) is 0 Å². The molecular formula is C51H35N3. The Kier molecular flexibility index (Phi) is 8.94. The molecule has 3 nitrogen and oxygen atoms in total. The minimum absolute atomic E-state index is 0.614. The third-order valence-corrected chi connectivity index (χ3v) is 9.79. The van der Waals surface area contributed by atoms with Crippen LogP contribution in [-0.2, 0) is 0 Å². The second-order valence-corrected chi connectivity index (χ2v) is 13.2. The van der Waals surface area contributed by atoms with Crippen molar-refractivity contribution in [1.29, 1.82) is 0 Å². The number of hydrogen-bond acceptors (Lipinski definition) is 3. The van der Waals surface area contributed by atoms with Crippen molar-refractivity contribution in [3.05, 3.63) is 212 Å². The summed E-state index contributed by atoms with van der Waals surface area (Å²) in [5.74, 6) is 1.84. The molecule has 0 fully saturated rings. The SMILES string of the molecule is c1ccc(-c2ccc(-c3nc(-c4cc(-c5ccccc5)ccc4-c4ccccc4)nc(-c4cccc(-c5ccccc5)c4-c4ccccc4)n3)cc2)cc1. The number of aromatic nitrogens is 3. The minimum atomic E-state index is 0.614. The zero-order valence-electron chi connectivity index (χ0n) is 29.5. The lowest BCUT2D eigenvalue weighted by atomic mass is 9.90. The van der Waals surface area contributed by atoms with Crippen molar-refractivity contribution in [2.45, 2.75) is 0 Å². The maximum absolute atomic E-state index is 5.38. The summed E-state index contributed by atoms with van der Waals surface area (Å²) in [6.07, 6.45) is 0. The van der Waals surface area contributed by atoms with Crippen LogP contribution in [0.4, 0.5) is 0 Å². The Balaban J connectivity index is 1.31. The van der Waals surface area contributed by atoms with E-state index < -0.39 is 0 Å². The highest BCUT2D eigenvalue weighted by Gasteiger charge is 2.21. The quantitative estimate of drug-likeness (QED) is 0.159. The van der Waals surface area contributed by atoms with Gasteiger partial charge in [-0.1, -0.05) is 206 Å². The number of rotatable bonds is 8. The van der Waals surface area contributed by atoms with Crippen molar-refractivity contribution in [1.82, 2.24) is 15.0 Å². The van der Waals surface area contributed by atoms with Gasteiger partial charge in [0.1, 0.15) is 0 Å². The van der Waals surface area contributed by atoms with Crippen molar-refractivity contribution in [2.24, 2.45) is 0 Å². The molecular weight excluding hydrogens is 655 g/mol. The van der Waals surface area contributed by atoms with E-state index in [4.69, 9.17) is 15.0 Å². The molecule has 9 rings (SSSR count). The van der Waals surface area contributed by atoms with Gasteiger partial charge in [0.25, 0.3) is 0 Å². The predicted octanol–water partition coefficient (Wildman–Crippen LogP) is 13.2. The summed E-state index contributed by atoms with van der Waals surface area (Å²) in [6.45, 7) is 0.